The molecule has 15 heavy (non-hydrogen) atoms. The SMILES string of the molecule is CC(N)c1nc2cc(Cl)ccc2c(=O)[nH]1. The Hall–Kier alpha value is -1.39. The van der Waals surface area contributed by atoms with Crippen LogP contribution >= 0.6 is 11.6 Å². The van der Waals surface area contributed by atoms with E-state index in [1.165, 1.54) is 0 Å². The molecule has 1 unspecified atom stereocenters. The number of benzene rings is 1. The maximum Gasteiger partial charge on any atom is 0.258 e. The van der Waals surface area contributed by atoms with Crippen LogP contribution in [0.15, 0.2) is 23.0 Å². The van der Waals surface area contributed by atoms with Gasteiger partial charge in [0, 0.05) is 5.02 Å². The van der Waals surface area contributed by atoms with E-state index in [0.29, 0.717) is 21.7 Å². The number of nitrogens with one attached hydrogen (secondary N) is 1. The van der Waals surface area contributed by atoms with Crippen molar-refractivity contribution in [2.45, 2.75) is 13.0 Å². The third-order valence-electron chi connectivity index (χ3n) is 2.12. The minimum atomic E-state index is -0.305. The number of H-pyrrole nitrogens is 1. The number of hydrogen-bond acceptors (Lipinski definition) is 3. The number of halogens is 1. The Kier molecular flexibility index (Phi) is 2.46. The van der Waals surface area contributed by atoms with Crippen molar-refractivity contribution in [3.63, 3.8) is 0 Å². The van der Waals surface area contributed by atoms with Crippen molar-refractivity contribution in [1.82, 2.24) is 9.97 Å². The fourth-order valence-electron chi connectivity index (χ4n) is 1.35. The Balaban J connectivity index is 2.80. The molecule has 0 aliphatic rings. The van der Waals surface area contributed by atoms with Crippen LogP contribution in [0.5, 0.6) is 0 Å². The Morgan fingerprint density at radius 2 is 2.27 bits per heavy atom. The molecule has 0 aliphatic heterocycles. The van der Waals surface area contributed by atoms with E-state index in [1.807, 2.05) is 0 Å². The second-order valence-electron chi connectivity index (χ2n) is 3.40. The summed E-state index contributed by atoms with van der Waals surface area (Å²) in [6, 6.07) is 4.65. The first-order valence-corrected chi connectivity index (χ1v) is 4.91. The maximum atomic E-state index is 11.6. The van der Waals surface area contributed by atoms with Crippen LogP contribution in [0.3, 0.4) is 0 Å². The Bertz CT molecular complexity index is 562. The lowest BCUT2D eigenvalue weighted by atomic mass is 10.2. The zero-order valence-corrected chi connectivity index (χ0v) is 8.88. The molecule has 0 fully saturated rings. The van der Waals surface area contributed by atoms with Crippen LogP contribution in [-0.4, -0.2) is 9.97 Å². The average molecular weight is 224 g/mol. The van der Waals surface area contributed by atoms with Gasteiger partial charge in [-0.05, 0) is 25.1 Å². The van der Waals surface area contributed by atoms with Crippen molar-refractivity contribution in [3.05, 3.63) is 39.4 Å². The average Bonchev–Trinajstić information content (AvgIpc) is 2.16. The first kappa shape index (κ1) is 10.1. The summed E-state index contributed by atoms with van der Waals surface area (Å²) in [7, 11) is 0. The van der Waals surface area contributed by atoms with Gasteiger partial charge in [0.2, 0.25) is 0 Å². The Morgan fingerprint density at radius 1 is 1.53 bits per heavy atom. The maximum absolute atomic E-state index is 11.6. The summed E-state index contributed by atoms with van der Waals surface area (Å²) in [5, 5.41) is 1.07. The molecule has 0 spiro atoms. The number of hydrogen-bond donors (Lipinski definition) is 2. The number of aromatic amines is 1. The van der Waals surface area contributed by atoms with E-state index in [9.17, 15) is 4.79 Å². The second kappa shape index (κ2) is 3.64. The van der Waals surface area contributed by atoms with Crippen LogP contribution in [0.4, 0.5) is 0 Å². The quantitative estimate of drug-likeness (QED) is 0.771. The van der Waals surface area contributed by atoms with Gasteiger partial charge >= 0.3 is 0 Å². The molecule has 1 aromatic heterocycles. The van der Waals surface area contributed by atoms with E-state index in [4.69, 9.17) is 17.3 Å². The molecule has 2 rings (SSSR count). The highest BCUT2D eigenvalue weighted by Crippen LogP contribution is 2.15. The van der Waals surface area contributed by atoms with E-state index < -0.39 is 0 Å². The number of rotatable bonds is 1. The third-order valence-corrected chi connectivity index (χ3v) is 2.35. The van der Waals surface area contributed by atoms with E-state index in [2.05, 4.69) is 9.97 Å². The van der Waals surface area contributed by atoms with E-state index in [0.717, 1.165) is 0 Å². The summed E-state index contributed by atoms with van der Waals surface area (Å²) in [6.45, 7) is 1.76. The summed E-state index contributed by atoms with van der Waals surface area (Å²) in [5.74, 6) is 0.467. The summed E-state index contributed by atoms with van der Waals surface area (Å²) < 4.78 is 0. The lowest BCUT2D eigenvalue weighted by Crippen LogP contribution is -2.17. The second-order valence-corrected chi connectivity index (χ2v) is 3.84. The van der Waals surface area contributed by atoms with Crippen LogP contribution in [0.25, 0.3) is 10.9 Å². The number of fused-ring (bicyclic) bond motifs is 1. The van der Waals surface area contributed by atoms with Gasteiger partial charge in [-0.25, -0.2) is 4.98 Å². The third kappa shape index (κ3) is 1.86. The Morgan fingerprint density at radius 3 is 2.93 bits per heavy atom. The molecule has 0 amide bonds. The van der Waals surface area contributed by atoms with Gasteiger partial charge in [-0.3, -0.25) is 4.79 Å². The molecule has 4 nitrogen and oxygen atoms in total. The molecule has 2 aromatic rings. The highest BCUT2D eigenvalue weighted by Gasteiger charge is 2.06. The largest absolute Gasteiger partial charge is 0.322 e. The lowest BCUT2D eigenvalue weighted by Gasteiger charge is -2.05. The molecular formula is C10H10ClN3O. The molecule has 5 heteroatoms. The predicted octanol–water partition coefficient (Wildman–Crippen LogP) is 1.60. The van der Waals surface area contributed by atoms with Crippen molar-refractivity contribution >= 4 is 22.5 Å². The zero-order chi connectivity index (χ0) is 11.0. The zero-order valence-electron chi connectivity index (χ0n) is 8.12. The van der Waals surface area contributed by atoms with E-state index in [-0.39, 0.29) is 11.6 Å². The monoisotopic (exact) mass is 223 g/mol. The highest BCUT2D eigenvalue weighted by atomic mass is 35.5. The molecule has 78 valence electrons. The van der Waals surface area contributed by atoms with Gasteiger partial charge in [0.25, 0.3) is 5.56 Å². The van der Waals surface area contributed by atoms with Gasteiger partial charge in [-0.2, -0.15) is 0 Å². The van der Waals surface area contributed by atoms with Crippen molar-refractivity contribution in [2.24, 2.45) is 5.73 Å². The van der Waals surface area contributed by atoms with Crippen LogP contribution in [0.2, 0.25) is 5.02 Å². The molecule has 1 heterocycles. The fourth-order valence-corrected chi connectivity index (χ4v) is 1.51. The van der Waals surface area contributed by atoms with Gasteiger partial charge in [-0.1, -0.05) is 11.6 Å². The van der Waals surface area contributed by atoms with Gasteiger partial charge in [0.1, 0.15) is 5.82 Å². The van der Waals surface area contributed by atoms with Crippen molar-refractivity contribution < 1.29 is 0 Å². The lowest BCUT2D eigenvalue weighted by molar-refractivity contribution is 0.741. The summed E-state index contributed by atoms with van der Waals surface area (Å²) in [6.07, 6.45) is 0. The Labute approximate surface area is 91.1 Å². The van der Waals surface area contributed by atoms with Crippen LogP contribution in [-0.2, 0) is 0 Å². The molecule has 1 aromatic carbocycles. The minimum absolute atomic E-state index is 0.191. The standard InChI is InChI=1S/C10H10ClN3O/c1-5(12)9-13-8-4-6(11)2-3-7(8)10(15)14-9/h2-5H,12H2,1H3,(H,13,14,15). The molecule has 0 bridgehead atoms. The number of nitrogens with two attached hydrogens (primary N) is 1. The molecule has 0 radical (unpaired) electrons. The summed E-state index contributed by atoms with van der Waals surface area (Å²) >= 11 is 5.82. The fraction of sp³-hybridized carbons (Fsp3) is 0.200. The van der Waals surface area contributed by atoms with E-state index >= 15 is 0 Å². The van der Waals surface area contributed by atoms with Gasteiger partial charge in [0.15, 0.2) is 0 Å². The van der Waals surface area contributed by atoms with Crippen molar-refractivity contribution in [3.8, 4) is 0 Å². The van der Waals surface area contributed by atoms with Crippen LogP contribution in [0.1, 0.15) is 18.8 Å². The van der Waals surface area contributed by atoms with Crippen LogP contribution < -0.4 is 11.3 Å². The first-order chi connectivity index (χ1) is 7.08. The number of nitrogens with zero attached hydrogens (tertiary/aromatic N) is 1. The van der Waals surface area contributed by atoms with Gasteiger partial charge < -0.3 is 10.7 Å². The highest BCUT2D eigenvalue weighted by molar-refractivity contribution is 6.31. The molecule has 1 atom stereocenters. The number of aromatic nitrogens is 2. The normalized spacial score (nSPS) is 13.0. The summed E-state index contributed by atoms with van der Waals surface area (Å²) in [4.78, 5) is 18.5. The molecule has 0 saturated carbocycles. The van der Waals surface area contributed by atoms with Crippen LogP contribution in [0, 0.1) is 0 Å². The van der Waals surface area contributed by atoms with Gasteiger partial charge in [0.05, 0.1) is 16.9 Å². The molecular weight excluding hydrogens is 214 g/mol. The van der Waals surface area contributed by atoms with Crippen molar-refractivity contribution in [2.75, 3.05) is 0 Å². The topological polar surface area (TPSA) is 71.8 Å². The van der Waals surface area contributed by atoms with E-state index in [1.54, 1.807) is 25.1 Å². The molecule has 0 aliphatic carbocycles. The summed E-state index contributed by atoms with van der Waals surface area (Å²) in [5.41, 5.74) is 6.02. The smallest absolute Gasteiger partial charge is 0.258 e. The molecule has 3 N–H and O–H groups in total. The first-order valence-electron chi connectivity index (χ1n) is 4.53. The minimum Gasteiger partial charge on any atom is -0.322 e. The molecule has 0 saturated heterocycles. The van der Waals surface area contributed by atoms with Crippen molar-refractivity contribution in [1.29, 1.82) is 0 Å². The van der Waals surface area contributed by atoms with Gasteiger partial charge in [-0.15, -0.1) is 0 Å². The predicted molar refractivity (Wildman–Crippen MR) is 60.0 cm³/mol.